The van der Waals surface area contributed by atoms with Crippen LogP contribution >= 0.6 is 15.9 Å². The molecule has 0 saturated heterocycles. The van der Waals surface area contributed by atoms with E-state index in [1.54, 1.807) is 12.1 Å². The van der Waals surface area contributed by atoms with Crippen LogP contribution in [0.25, 0.3) is 0 Å². The summed E-state index contributed by atoms with van der Waals surface area (Å²) in [6.07, 6.45) is -0.842. The van der Waals surface area contributed by atoms with Gasteiger partial charge in [-0.3, -0.25) is 0 Å². The molecule has 1 rings (SSSR count). The van der Waals surface area contributed by atoms with Crippen molar-refractivity contribution in [3.8, 4) is 0 Å². The second-order valence-corrected chi connectivity index (χ2v) is 4.13. The maximum absolute atomic E-state index is 9.78. The maximum atomic E-state index is 9.78. The lowest BCUT2D eigenvalue weighted by atomic mass is 10.0. The Kier molecular flexibility index (Phi) is 4.57. The minimum atomic E-state index is -0.865. The van der Waals surface area contributed by atoms with Crippen molar-refractivity contribution in [3.63, 3.8) is 0 Å². The average Bonchev–Trinajstić information content (AvgIpc) is 2.27. The first-order valence-corrected chi connectivity index (χ1v) is 6.02. The third kappa shape index (κ3) is 2.93. The highest BCUT2D eigenvalue weighted by Gasteiger charge is 2.17. The van der Waals surface area contributed by atoms with Crippen molar-refractivity contribution in [3.05, 3.63) is 29.3 Å². The van der Waals surface area contributed by atoms with Gasteiger partial charge in [-0.15, -0.1) is 0 Å². The fraction of sp³-hybridized carbons (Fsp3) is 0.455. The number of aliphatic hydroxyl groups excluding tert-OH is 2. The summed E-state index contributed by atoms with van der Waals surface area (Å²) in [5, 5.41) is 19.6. The fourth-order valence-electron chi connectivity index (χ4n) is 1.42. The summed E-state index contributed by atoms with van der Waals surface area (Å²) in [6.45, 7) is 2.00. The quantitative estimate of drug-likeness (QED) is 0.577. The van der Waals surface area contributed by atoms with E-state index < -0.39 is 12.2 Å². The molecule has 1 aromatic rings. The summed E-state index contributed by atoms with van der Waals surface area (Å²) in [4.78, 5) is 0. The van der Waals surface area contributed by atoms with E-state index in [0.717, 1.165) is 17.7 Å². The summed E-state index contributed by atoms with van der Waals surface area (Å²) >= 11 is 3.13. The molecule has 0 heterocycles. The summed E-state index contributed by atoms with van der Waals surface area (Å²) in [5.74, 6) is 0. The highest BCUT2D eigenvalue weighted by atomic mass is 79.9. The van der Waals surface area contributed by atoms with Gasteiger partial charge in [-0.1, -0.05) is 35.0 Å². The average molecular weight is 274 g/mol. The number of hydrogen-bond acceptors (Lipinski definition) is 3. The number of nitrogen functional groups attached to an aromatic ring is 1. The summed E-state index contributed by atoms with van der Waals surface area (Å²) < 4.78 is 0. The number of hydrogen-bond donors (Lipinski definition) is 3. The van der Waals surface area contributed by atoms with Gasteiger partial charge >= 0.3 is 0 Å². The molecular weight excluding hydrogens is 258 g/mol. The molecule has 15 heavy (non-hydrogen) atoms. The molecule has 0 spiro atoms. The highest BCUT2D eigenvalue weighted by molar-refractivity contribution is 9.09. The molecule has 0 aliphatic carbocycles. The van der Waals surface area contributed by atoms with Crippen LogP contribution < -0.4 is 5.73 Å². The van der Waals surface area contributed by atoms with E-state index in [-0.39, 0.29) is 0 Å². The molecule has 1 aromatic carbocycles. The van der Waals surface area contributed by atoms with Gasteiger partial charge in [-0.25, -0.2) is 0 Å². The van der Waals surface area contributed by atoms with Crippen LogP contribution in [0.5, 0.6) is 0 Å². The normalized spacial score (nSPS) is 14.9. The van der Waals surface area contributed by atoms with Crippen molar-refractivity contribution in [1.29, 1.82) is 0 Å². The lowest BCUT2D eigenvalue weighted by Crippen LogP contribution is -2.19. The van der Waals surface area contributed by atoms with E-state index in [1.165, 1.54) is 0 Å². The number of aliphatic hydroxyl groups is 2. The number of halogens is 1. The smallest absolute Gasteiger partial charge is 0.106 e. The van der Waals surface area contributed by atoms with Crippen LogP contribution in [0.3, 0.4) is 0 Å². The summed E-state index contributed by atoms with van der Waals surface area (Å²) in [7, 11) is 0. The number of anilines is 1. The molecule has 2 atom stereocenters. The zero-order valence-electron chi connectivity index (χ0n) is 8.65. The molecule has 0 fully saturated rings. The first-order valence-electron chi connectivity index (χ1n) is 4.90. The fourth-order valence-corrected chi connectivity index (χ4v) is 1.78. The van der Waals surface area contributed by atoms with Crippen LogP contribution in [0, 0.1) is 0 Å². The molecule has 4 N–H and O–H groups in total. The molecule has 0 aromatic heterocycles. The highest BCUT2D eigenvalue weighted by Crippen LogP contribution is 2.22. The predicted molar refractivity (Wildman–Crippen MR) is 65.0 cm³/mol. The summed E-state index contributed by atoms with van der Waals surface area (Å²) in [6, 6.07) is 5.34. The Morgan fingerprint density at radius 1 is 1.40 bits per heavy atom. The monoisotopic (exact) mass is 273 g/mol. The molecule has 3 nitrogen and oxygen atoms in total. The third-order valence-corrected chi connectivity index (χ3v) is 3.08. The van der Waals surface area contributed by atoms with Crippen molar-refractivity contribution in [2.75, 3.05) is 11.1 Å². The Balaban J connectivity index is 2.95. The zero-order valence-corrected chi connectivity index (χ0v) is 10.2. The Morgan fingerprint density at radius 3 is 2.60 bits per heavy atom. The number of alkyl halides is 1. The van der Waals surface area contributed by atoms with Crippen molar-refractivity contribution >= 4 is 21.6 Å². The third-order valence-electron chi connectivity index (χ3n) is 2.41. The van der Waals surface area contributed by atoms with E-state index >= 15 is 0 Å². The van der Waals surface area contributed by atoms with Crippen LogP contribution in [0.1, 0.15) is 24.2 Å². The van der Waals surface area contributed by atoms with E-state index in [1.807, 2.05) is 13.0 Å². The topological polar surface area (TPSA) is 66.5 Å². The molecule has 84 valence electrons. The second-order valence-electron chi connectivity index (χ2n) is 3.48. The predicted octanol–water partition coefficient (Wildman–Crippen LogP) is 1.62. The number of nitrogens with two attached hydrogens (primary N) is 1. The first kappa shape index (κ1) is 12.5. The molecule has 0 aliphatic heterocycles. The minimum absolute atomic E-state index is 0.347. The van der Waals surface area contributed by atoms with Gasteiger partial charge in [-0.05, 0) is 23.6 Å². The Morgan fingerprint density at radius 2 is 2.07 bits per heavy atom. The van der Waals surface area contributed by atoms with Gasteiger partial charge in [-0.2, -0.15) is 0 Å². The SMILES string of the molecule is CCc1cc(C(O)C(O)CBr)ccc1N. The number of aryl methyl sites for hydroxylation is 1. The van der Waals surface area contributed by atoms with Gasteiger partial charge in [0.1, 0.15) is 6.10 Å². The Hall–Kier alpha value is -0.580. The first-order chi connectivity index (χ1) is 7.10. The minimum Gasteiger partial charge on any atom is -0.399 e. The van der Waals surface area contributed by atoms with E-state index in [2.05, 4.69) is 15.9 Å². The van der Waals surface area contributed by atoms with E-state index in [9.17, 15) is 10.2 Å². The molecular formula is C11H16BrNO2. The van der Waals surface area contributed by atoms with E-state index in [0.29, 0.717) is 10.9 Å². The summed E-state index contributed by atoms with van der Waals surface area (Å²) in [5.41, 5.74) is 8.17. The molecule has 0 amide bonds. The second kappa shape index (κ2) is 5.49. The van der Waals surface area contributed by atoms with Gasteiger partial charge in [0.15, 0.2) is 0 Å². The lowest BCUT2D eigenvalue weighted by Gasteiger charge is -2.17. The number of benzene rings is 1. The van der Waals surface area contributed by atoms with Crippen molar-refractivity contribution in [2.24, 2.45) is 0 Å². The zero-order chi connectivity index (χ0) is 11.4. The largest absolute Gasteiger partial charge is 0.399 e. The molecule has 0 saturated carbocycles. The van der Waals surface area contributed by atoms with Crippen LogP contribution in [0.2, 0.25) is 0 Å². The molecule has 0 aliphatic rings. The van der Waals surface area contributed by atoms with Crippen molar-refractivity contribution < 1.29 is 10.2 Å². The van der Waals surface area contributed by atoms with Crippen LogP contribution in [0.15, 0.2) is 18.2 Å². The maximum Gasteiger partial charge on any atom is 0.106 e. The standard InChI is InChI=1S/C11H16BrNO2/c1-2-7-5-8(3-4-9(7)13)11(15)10(14)6-12/h3-5,10-11,14-15H,2,6,13H2,1H3. The molecule has 2 unspecified atom stereocenters. The van der Waals surface area contributed by atoms with Crippen LogP contribution in [-0.2, 0) is 6.42 Å². The van der Waals surface area contributed by atoms with Crippen LogP contribution in [0.4, 0.5) is 5.69 Å². The van der Waals surface area contributed by atoms with Gasteiger partial charge in [0.2, 0.25) is 0 Å². The molecule has 4 heteroatoms. The van der Waals surface area contributed by atoms with Crippen molar-refractivity contribution in [1.82, 2.24) is 0 Å². The van der Waals surface area contributed by atoms with Gasteiger partial charge < -0.3 is 15.9 Å². The lowest BCUT2D eigenvalue weighted by molar-refractivity contribution is 0.0342. The van der Waals surface area contributed by atoms with Gasteiger partial charge in [0.25, 0.3) is 0 Å². The van der Waals surface area contributed by atoms with E-state index in [4.69, 9.17) is 5.73 Å². The van der Waals surface area contributed by atoms with Crippen LogP contribution in [-0.4, -0.2) is 21.6 Å². The van der Waals surface area contributed by atoms with Crippen molar-refractivity contribution in [2.45, 2.75) is 25.6 Å². The number of rotatable bonds is 4. The Bertz CT molecular complexity index is 330. The molecule has 0 bridgehead atoms. The Labute approximate surface area is 98.1 Å². The van der Waals surface area contributed by atoms with Gasteiger partial charge in [0, 0.05) is 11.0 Å². The van der Waals surface area contributed by atoms with Gasteiger partial charge in [0.05, 0.1) is 6.10 Å². The molecule has 0 radical (unpaired) electrons.